The largest absolute Gasteiger partial charge is 0.481 e. The van der Waals surface area contributed by atoms with Crippen molar-refractivity contribution in [2.24, 2.45) is 0 Å². The molecule has 23 heavy (non-hydrogen) atoms. The van der Waals surface area contributed by atoms with Gasteiger partial charge in [-0.25, -0.2) is 4.98 Å². The fourth-order valence-electron chi connectivity index (χ4n) is 2.80. The zero-order valence-electron chi connectivity index (χ0n) is 13.4. The number of aryl methyl sites for hydroxylation is 3. The molecule has 2 aromatic carbocycles. The summed E-state index contributed by atoms with van der Waals surface area (Å²) in [5.74, 6) is 0.138. The van der Waals surface area contributed by atoms with E-state index in [1.807, 2.05) is 30.3 Å². The van der Waals surface area contributed by atoms with Gasteiger partial charge < -0.3 is 9.67 Å². The molecule has 0 aliphatic heterocycles. The summed E-state index contributed by atoms with van der Waals surface area (Å²) < 4.78 is 2.14. The quantitative estimate of drug-likeness (QED) is 0.769. The second-order valence-corrected chi connectivity index (χ2v) is 5.88. The first-order chi connectivity index (χ1) is 11.1. The van der Waals surface area contributed by atoms with E-state index in [4.69, 9.17) is 10.1 Å². The number of aromatic nitrogens is 2. The molecular weight excluding hydrogens is 288 g/mol. The number of carbonyl (C=O) groups is 1. The third-order valence-electron chi connectivity index (χ3n) is 4.17. The minimum atomic E-state index is -0.761. The molecule has 1 heterocycles. The van der Waals surface area contributed by atoms with E-state index < -0.39 is 5.97 Å². The number of carboxylic acid groups (broad SMARTS) is 1. The highest BCUT2D eigenvalue weighted by Crippen LogP contribution is 2.27. The molecule has 0 aliphatic rings. The summed E-state index contributed by atoms with van der Waals surface area (Å²) in [5, 5.41) is 8.90. The van der Waals surface area contributed by atoms with Crippen molar-refractivity contribution in [1.29, 1.82) is 0 Å². The molecule has 0 unspecified atom stereocenters. The lowest BCUT2D eigenvalue weighted by Gasteiger charge is -2.09. The summed E-state index contributed by atoms with van der Waals surface area (Å²) in [6.45, 7) is 4.82. The van der Waals surface area contributed by atoms with Crippen LogP contribution in [0.25, 0.3) is 22.4 Å². The van der Waals surface area contributed by atoms with Crippen LogP contribution in [0.1, 0.15) is 24.0 Å². The van der Waals surface area contributed by atoms with Gasteiger partial charge in [-0.05, 0) is 43.5 Å². The van der Waals surface area contributed by atoms with Crippen LogP contribution in [0.5, 0.6) is 0 Å². The van der Waals surface area contributed by atoms with Crippen LogP contribution in [0, 0.1) is 13.8 Å². The summed E-state index contributed by atoms with van der Waals surface area (Å²) in [6.07, 6.45) is 0.756. The van der Waals surface area contributed by atoms with E-state index in [2.05, 4.69) is 30.5 Å². The third-order valence-corrected chi connectivity index (χ3v) is 4.17. The van der Waals surface area contributed by atoms with Crippen molar-refractivity contribution in [3.05, 3.63) is 53.6 Å². The minimum absolute atomic E-state index is 0.165. The van der Waals surface area contributed by atoms with Crippen LogP contribution in [0.2, 0.25) is 0 Å². The Labute approximate surface area is 135 Å². The van der Waals surface area contributed by atoms with Crippen molar-refractivity contribution in [1.82, 2.24) is 9.55 Å². The Balaban J connectivity index is 2.11. The van der Waals surface area contributed by atoms with Crippen molar-refractivity contribution >= 4 is 17.0 Å². The van der Waals surface area contributed by atoms with Gasteiger partial charge in [0.05, 0.1) is 11.0 Å². The van der Waals surface area contributed by atoms with Crippen LogP contribution in [-0.4, -0.2) is 20.6 Å². The molecule has 0 spiro atoms. The predicted octanol–water partition coefficient (Wildman–Crippen LogP) is 4.18. The first kappa shape index (κ1) is 15.3. The molecule has 3 aromatic rings. The van der Waals surface area contributed by atoms with Crippen molar-refractivity contribution in [2.45, 2.75) is 33.2 Å². The Hall–Kier alpha value is -2.62. The number of fused-ring (bicyclic) bond motifs is 1. The molecule has 0 atom stereocenters. The Morgan fingerprint density at radius 3 is 2.52 bits per heavy atom. The van der Waals surface area contributed by atoms with Crippen molar-refractivity contribution in [3.8, 4) is 11.4 Å². The summed E-state index contributed by atoms with van der Waals surface area (Å²) >= 11 is 0. The van der Waals surface area contributed by atoms with Crippen LogP contribution in [0.3, 0.4) is 0 Å². The molecule has 0 aliphatic carbocycles. The van der Waals surface area contributed by atoms with Gasteiger partial charge in [-0.3, -0.25) is 4.79 Å². The molecule has 0 bridgehead atoms. The van der Waals surface area contributed by atoms with Crippen LogP contribution >= 0.6 is 0 Å². The average Bonchev–Trinajstić information content (AvgIpc) is 2.86. The second kappa shape index (κ2) is 6.24. The summed E-state index contributed by atoms with van der Waals surface area (Å²) in [4.78, 5) is 15.6. The van der Waals surface area contributed by atoms with Crippen LogP contribution < -0.4 is 0 Å². The standard InChI is InChI=1S/C19H20N2O2/c1-13-11-16-17(12-14(13)2)21(10-6-9-18(22)23)19(20-16)15-7-4-3-5-8-15/h3-5,7-8,11-12H,6,9-10H2,1-2H3,(H,22,23). The van der Waals surface area contributed by atoms with Crippen LogP contribution in [0.15, 0.2) is 42.5 Å². The average molecular weight is 308 g/mol. The van der Waals surface area contributed by atoms with Gasteiger partial charge in [-0.1, -0.05) is 30.3 Å². The fourth-order valence-corrected chi connectivity index (χ4v) is 2.80. The SMILES string of the molecule is Cc1cc2nc(-c3ccccc3)n(CCCC(=O)O)c2cc1C. The molecule has 0 amide bonds. The highest BCUT2D eigenvalue weighted by Gasteiger charge is 2.13. The van der Waals surface area contributed by atoms with Crippen molar-refractivity contribution in [3.63, 3.8) is 0 Å². The number of nitrogens with zero attached hydrogens (tertiary/aromatic N) is 2. The van der Waals surface area contributed by atoms with Crippen molar-refractivity contribution < 1.29 is 9.90 Å². The summed E-state index contributed by atoms with van der Waals surface area (Å²) in [7, 11) is 0. The van der Waals surface area contributed by atoms with E-state index in [9.17, 15) is 4.79 Å². The Kier molecular flexibility index (Phi) is 4.15. The number of hydrogen-bond donors (Lipinski definition) is 1. The van der Waals surface area contributed by atoms with E-state index >= 15 is 0 Å². The lowest BCUT2D eigenvalue weighted by molar-refractivity contribution is -0.137. The van der Waals surface area contributed by atoms with Gasteiger partial charge in [0, 0.05) is 18.5 Å². The van der Waals surface area contributed by atoms with Gasteiger partial charge in [-0.15, -0.1) is 0 Å². The van der Waals surface area contributed by atoms with Crippen LogP contribution in [-0.2, 0) is 11.3 Å². The highest BCUT2D eigenvalue weighted by atomic mass is 16.4. The summed E-state index contributed by atoms with van der Waals surface area (Å²) in [5.41, 5.74) is 5.51. The highest BCUT2D eigenvalue weighted by molar-refractivity contribution is 5.82. The van der Waals surface area contributed by atoms with E-state index in [-0.39, 0.29) is 6.42 Å². The molecule has 1 aromatic heterocycles. The van der Waals surface area contributed by atoms with Gasteiger partial charge in [0.2, 0.25) is 0 Å². The third kappa shape index (κ3) is 3.11. The number of imidazole rings is 1. The molecule has 0 fully saturated rings. The van der Waals surface area contributed by atoms with Gasteiger partial charge >= 0.3 is 5.97 Å². The number of benzene rings is 2. The Morgan fingerprint density at radius 1 is 1.13 bits per heavy atom. The monoisotopic (exact) mass is 308 g/mol. The predicted molar refractivity (Wildman–Crippen MR) is 91.5 cm³/mol. The zero-order chi connectivity index (χ0) is 16.4. The maximum Gasteiger partial charge on any atom is 0.303 e. The second-order valence-electron chi connectivity index (χ2n) is 5.88. The number of rotatable bonds is 5. The smallest absolute Gasteiger partial charge is 0.303 e. The molecule has 0 saturated heterocycles. The first-order valence-electron chi connectivity index (χ1n) is 7.81. The lowest BCUT2D eigenvalue weighted by atomic mass is 10.1. The fraction of sp³-hybridized carbons (Fsp3) is 0.263. The van der Waals surface area contributed by atoms with Gasteiger partial charge in [0.1, 0.15) is 5.82 Å². The maximum absolute atomic E-state index is 10.8. The molecule has 1 N–H and O–H groups in total. The lowest BCUT2D eigenvalue weighted by Crippen LogP contribution is -2.04. The molecule has 4 heteroatoms. The Morgan fingerprint density at radius 2 is 1.83 bits per heavy atom. The van der Waals surface area contributed by atoms with E-state index in [1.54, 1.807) is 0 Å². The van der Waals surface area contributed by atoms with Gasteiger partial charge in [-0.2, -0.15) is 0 Å². The molecule has 3 rings (SSSR count). The maximum atomic E-state index is 10.8. The number of aliphatic carboxylic acids is 1. The Bertz CT molecular complexity index is 851. The minimum Gasteiger partial charge on any atom is -0.481 e. The van der Waals surface area contributed by atoms with Gasteiger partial charge in [0.25, 0.3) is 0 Å². The van der Waals surface area contributed by atoms with E-state index in [0.717, 1.165) is 22.4 Å². The zero-order valence-corrected chi connectivity index (χ0v) is 13.4. The normalized spacial score (nSPS) is 11.0. The molecule has 0 saturated carbocycles. The van der Waals surface area contributed by atoms with Gasteiger partial charge in [0.15, 0.2) is 0 Å². The summed E-state index contributed by atoms with van der Waals surface area (Å²) in [6, 6.07) is 14.3. The molecule has 118 valence electrons. The van der Waals surface area contributed by atoms with E-state index in [1.165, 1.54) is 11.1 Å². The topological polar surface area (TPSA) is 55.1 Å². The van der Waals surface area contributed by atoms with E-state index in [0.29, 0.717) is 13.0 Å². The number of carboxylic acids is 1. The molecular formula is C19H20N2O2. The van der Waals surface area contributed by atoms with Crippen LogP contribution in [0.4, 0.5) is 0 Å². The van der Waals surface area contributed by atoms with Crippen molar-refractivity contribution in [2.75, 3.05) is 0 Å². The molecule has 0 radical (unpaired) electrons. The first-order valence-corrected chi connectivity index (χ1v) is 7.81. The molecule has 4 nitrogen and oxygen atoms in total. The number of hydrogen-bond acceptors (Lipinski definition) is 2.